The van der Waals surface area contributed by atoms with Gasteiger partial charge in [-0.25, -0.2) is 24.3 Å². The maximum Gasteiger partial charge on any atom is 0.187 e. The van der Waals surface area contributed by atoms with Crippen LogP contribution in [0.3, 0.4) is 0 Å². The van der Waals surface area contributed by atoms with Crippen molar-refractivity contribution in [1.29, 1.82) is 0 Å². The maximum absolute atomic E-state index is 14.2. The zero-order valence-electron chi connectivity index (χ0n) is 12.2. The van der Waals surface area contributed by atoms with Crippen LogP contribution in [0.15, 0.2) is 41.7 Å². The molecular weight excluding hydrogens is 315 g/mol. The van der Waals surface area contributed by atoms with Gasteiger partial charge in [-0.2, -0.15) is 0 Å². The number of hydrogen-bond acceptors (Lipinski definition) is 7. The molecule has 1 aromatic carbocycles. The number of aromatic nitrogens is 4. The maximum atomic E-state index is 14.2. The van der Waals surface area contributed by atoms with Crippen molar-refractivity contribution in [1.82, 2.24) is 19.9 Å². The highest BCUT2D eigenvalue weighted by Gasteiger charge is 2.18. The van der Waals surface area contributed by atoms with E-state index >= 15 is 0 Å². The number of hydrogen-bond donors (Lipinski definition) is 2. The molecule has 6 nitrogen and oxygen atoms in total. The molecule has 0 saturated heterocycles. The van der Waals surface area contributed by atoms with Gasteiger partial charge in [0.2, 0.25) is 0 Å². The highest BCUT2D eigenvalue weighted by atomic mass is 32.2. The first-order valence-electron chi connectivity index (χ1n) is 6.65. The highest BCUT2D eigenvalue weighted by Crippen LogP contribution is 2.32. The second-order valence-electron chi connectivity index (χ2n) is 4.60. The summed E-state index contributed by atoms with van der Waals surface area (Å²) in [7, 11) is 0. The van der Waals surface area contributed by atoms with Gasteiger partial charge in [0.05, 0.1) is 5.69 Å². The Kier molecular flexibility index (Phi) is 4.07. The predicted molar refractivity (Wildman–Crippen MR) is 89.1 cm³/mol. The first-order chi connectivity index (χ1) is 11.1. The van der Waals surface area contributed by atoms with Crippen molar-refractivity contribution in [3.63, 3.8) is 0 Å². The van der Waals surface area contributed by atoms with Gasteiger partial charge in [-0.15, -0.1) is 0 Å². The number of rotatable bonds is 3. The summed E-state index contributed by atoms with van der Waals surface area (Å²) in [5.74, 6) is -0.304. The zero-order chi connectivity index (χ0) is 16.4. The molecule has 0 amide bonds. The Balaban J connectivity index is 2.27. The van der Waals surface area contributed by atoms with Crippen LogP contribution in [0.2, 0.25) is 0 Å². The fraction of sp³-hybridized carbons (Fsp3) is 0.0667. The van der Waals surface area contributed by atoms with E-state index in [-0.39, 0.29) is 17.2 Å². The molecule has 3 aromatic rings. The normalized spacial score (nSPS) is 10.7. The number of thioether (sulfide) groups is 1. The molecule has 0 aliphatic heterocycles. The van der Waals surface area contributed by atoms with Gasteiger partial charge in [0.15, 0.2) is 16.8 Å². The van der Waals surface area contributed by atoms with Crippen LogP contribution in [0, 0.1) is 5.82 Å². The van der Waals surface area contributed by atoms with Crippen molar-refractivity contribution in [3.05, 3.63) is 42.3 Å². The minimum Gasteiger partial charge on any atom is -0.381 e. The first kappa shape index (κ1) is 15.2. The smallest absolute Gasteiger partial charge is 0.187 e. The molecule has 23 heavy (non-hydrogen) atoms. The van der Waals surface area contributed by atoms with Crippen LogP contribution in [0.1, 0.15) is 0 Å². The molecule has 0 saturated carbocycles. The lowest BCUT2D eigenvalue weighted by atomic mass is 10.1. The molecule has 0 spiro atoms. The minimum absolute atomic E-state index is 0.0474. The lowest BCUT2D eigenvalue weighted by Gasteiger charge is -2.11. The van der Waals surface area contributed by atoms with E-state index in [2.05, 4.69) is 19.9 Å². The van der Waals surface area contributed by atoms with E-state index in [1.807, 2.05) is 6.26 Å². The fourth-order valence-corrected chi connectivity index (χ4v) is 2.41. The Bertz CT molecular complexity index is 870. The van der Waals surface area contributed by atoms with E-state index in [4.69, 9.17) is 11.5 Å². The number of nitrogen functional groups attached to an aromatic ring is 2. The highest BCUT2D eigenvalue weighted by molar-refractivity contribution is 7.98. The number of nitrogens with zero attached hydrogens (tertiary/aromatic N) is 4. The van der Waals surface area contributed by atoms with E-state index in [9.17, 15) is 4.39 Å². The molecule has 116 valence electrons. The van der Waals surface area contributed by atoms with Gasteiger partial charge in [-0.1, -0.05) is 23.9 Å². The topological polar surface area (TPSA) is 104 Å². The molecule has 0 fully saturated rings. The van der Waals surface area contributed by atoms with E-state index in [0.29, 0.717) is 22.2 Å². The predicted octanol–water partition coefficient (Wildman–Crippen LogP) is 2.63. The van der Waals surface area contributed by atoms with Gasteiger partial charge < -0.3 is 11.5 Å². The molecule has 0 radical (unpaired) electrons. The van der Waals surface area contributed by atoms with E-state index in [0.717, 1.165) is 0 Å². The Hall–Kier alpha value is -2.74. The molecular formula is C15H13FN6S. The van der Waals surface area contributed by atoms with Gasteiger partial charge in [-0.05, 0) is 24.5 Å². The number of benzene rings is 1. The monoisotopic (exact) mass is 328 g/mol. The van der Waals surface area contributed by atoms with Gasteiger partial charge in [0, 0.05) is 11.8 Å². The van der Waals surface area contributed by atoms with Gasteiger partial charge in [0.25, 0.3) is 0 Å². The van der Waals surface area contributed by atoms with Crippen LogP contribution in [-0.2, 0) is 0 Å². The van der Waals surface area contributed by atoms with Crippen molar-refractivity contribution in [2.75, 3.05) is 17.7 Å². The third-order valence-electron chi connectivity index (χ3n) is 3.14. The summed E-state index contributed by atoms with van der Waals surface area (Å²) in [5, 5.41) is 0.569. The van der Waals surface area contributed by atoms with Crippen molar-refractivity contribution >= 4 is 23.4 Å². The Morgan fingerprint density at radius 3 is 2.35 bits per heavy atom. The van der Waals surface area contributed by atoms with E-state index in [1.54, 1.807) is 30.5 Å². The van der Waals surface area contributed by atoms with Crippen LogP contribution >= 0.6 is 11.8 Å². The van der Waals surface area contributed by atoms with Crippen LogP contribution < -0.4 is 11.5 Å². The third kappa shape index (κ3) is 2.93. The number of halogens is 1. The second-order valence-corrected chi connectivity index (χ2v) is 5.37. The Labute approximate surface area is 136 Å². The van der Waals surface area contributed by atoms with Crippen LogP contribution in [0.4, 0.5) is 16.0 Å². The summed E-state index contributed by atoms with van der Waals surface area (Å²) in [6, 6.07) is 7.94. The Morgan fingerprint density at radius 1 is 0.957 bits per heavy atom. The lowest BCUT2D eigenvalue weighted by Crippen LogP contribution is -2.06. The minimum atomic E-state index is -0.425. The molecule has 2 aromatic heterocycles. The lowest BCUT2D eigenvalue weighted by molar-refractivity contribution is 0.630. The van der Waals surface area contributed by atoms with Gasteiger partial charge in [-0.3, -0.25) is 0 Å². The average Bonchev–Trinajstić information content (AvgIpc) is 2.57. The molecule has 0 aliphatic carbocycles. The van der Waals surface area contributed by atoms with Crippen molar-refractivity contribution in [2.24, 2.45) is 0 Å². The van der Waals surface area contributed by atoms with Crippen molar-refractivity contribution in [3.8, 4) is 22.6 Å². The van der Waals surface area contributed by atoms with Crippen LogP contribution in [-0.4, -0.2) is 26.2 Å². The first-order valence-corrected chi connectivity index (χ1v) is 7.88. The quantitative estimate of drug-likeness (QED) is 0.562. The van der Waals surface area contributed by atoms with Crippen LogP contribution in [0.5, 0.6) is 0 Å². The summed E-state index contributed by atoms with van der Waals surface area (Å²) in [6.07, 6.45) is 3.47. The molecule has 3 rings (SSSR count). The van der Waals surface area contributed by atoms with Gasteiger partial charge in [0.1, 0.15) is 17.2 Å². The van der Waals surface area contributed by atoms with E-state index in [1.165, 1.54) is 17.8 Å². The summed E-state index contributed by atoms with van der Waals surface area (Å²) < 4.78 is 14.2. The molecule has 8 heteroatoms. The van der Waals surface area contributed by atoms with Gasteiger partial charge >= 0.3 is 0 Å². The van der Waals surface area contributed by atoms with E-state index < -0.39 is 5.82 Å². The standard InChI is InChI=1S/C15H13FN6S/c1-23-15-19-7-6-10(20-15)12-11(21-13(17)14(18)22-12)8-4-2-3-5-9(8)16/h2-7H,1H3,(H2,17,21)(H2,18,22). The largest absolute Gasteiger partial charge is 0.381 e. The molecule has 0 atom stereocenters. The Morgan fingerprint density at radius 2 is 1.65 bits per heavy atom. The molecule has 4 N–H and O–H groups in total. The zero-order valence-corrected chi connectivity index (χ0v) is 13.0. The van der Waals surface area contributed by atoms with Crippen molar-refractivity contribution < 1.29 is 4.39 Å². The average molecular weight is 328 g/mol. The fourth-order valence-electron chi connectivity index (χ4n) is 2.05. The SMILES string of the molecule is CSc1nccc(-c2nc(N)c(N)nc2-c2ccccc2F)n1. The molecule has 0 bridgehead atoms. The van der Waals surface area contributed by atoms with Crippen molar-refractivity contribution in [2.45, 2.75) is 5.16 Å². The second kappa shape index (κ2) is 6.17. The third-order valence-corrected chi connectivity index (χ3v) is 3.70. The summed E-state index contributed by atoms with van der Waals surface area (Å²) in [6.45, 7) is 0. The summed E-state index contributed by atoms with van der Waals surface area (Å²) >= 11 is 1.39. The van der Waals surface area contributed by atoms with Crippen LogP contribution in [0.25, 0.3) is 22.6 Å². The number of nitrogens with two attached hydrogens (primary N) is 2. The molecule has 0 aliphatic rings. The number of anilines is 2. The molecule has 2 heterocycles. The summed E-state index contributed by atoms with van der Waals surface area (Å²) in [4.78, 5) is 17.0. The molecule has 0 unspecified atom stereocenters. The summed E-state index contributed by atoms with van der Waals surface area (Å²) in [5.41, 5.74) is 13.0.